The zero-order valence-electron chi connectivity index (χ0n) is 23.9. The summed E-state index contributed by atoms with van der Waals surface area (Å²) in [6, 6.07) is 24.0. The van der Waals surface area contributed by atoms with Gasteiger partial charge in [-0.2, -0.15) is 0 Å². The lowest BCUT2D eigenvalue weighted by Crippen LogP contribution is -2.44. The molecule has 3 aromatic carbocycles. The zero-order valence-corrected chi connectivity index (χ0v) is 23.9. The topological polar surface area (TPSA) is 91.1 Å². The minimum Gasteiger partial charge on any atom is -0.484 e. The molecule has 1 saturated heterocycles. The van der Waals surface area contributed by atoms with E-state index in [0.29, 0.717) is 25.4 Å². The molecule has 3 N–H and O–H groups in total. The Kier molecular flexibility index (Phi) is 9.54. The van der Waals surface area contributed by atoms with E-state index in [2.05, 4.69) is 58.6 Å². The predicted molar refractivity (Wildman–Crippen MR) is 164 cm³/mol. The van der Waals surface area contributed by atoms with E-state index in [4.69, 9.17) is 10.5 Å². The summed E-state index contributed by atoms with van der Waals surface area (Å²) in [4.78, 5) is 32.5. The van der Waals surface area contributed by atoms with Gasteiger partial charge in [-0.25, -0.2) is 0 Å². The molecular formula is C33H41N5O3. The Morgan fingerprint density at radius 3 is 2.44 bits per heavy atom. The molecular weight excluding hydrogens is 514 g/mol. The highest BCUT2D eigenvalue weighted by Gasteiger charge is 2.33. The average Bonchev–Trinajstić information content (AvgIpc) is 3.85. The van der Waals surface area contributed by atoms with Gasteiger partial charge in [-0.15, -0.1) is 0 Å². The number of carbonyl (C=O) groups is 2. The Balaban J connectivity index is 1.36. The molecule has 216 valence electrons. The van der Waals surface area contributed by atoms with Crippen LogP contribution in [0.2, 0.25) is 0 Å². The molecule has 2 amide bonds. The van der Waals surface area contributed by atoms with Crippen LogP contribution in [0.3, 0.4) is 0 Å². The molecule has 1 heterocycles. The molecule has 0 aromatic heterocycles. The van der Waals surface area contributed by atoms with Gasteiger partial charge >= 0.3 is 0 Å². The SMILES string of the molecule is CN1CCN(c2ccc(-c3cccc(CN(CCCN)C(=O)C4CC4)c3)cc2NC(=O)COc2ccccc2)CC1. The summed E-state index contributed by atoms with van der Waals surface area (Å²) in [7, 11) is 2.13. The molecule has 1 saturated carbocycles. The highest BCUT2D eigenvalue weighted by atomic mass is 16.5. The van der Waals surface area contributed by atoms with Crippen molar-refractivity contribution in [2.45, 2.75) is 25.8 Å². The molecule has 1 aliphatic heterocycles. The number of rotatable bonds is 12. The number of hydrogen-bond donors (Lipinski definition) is 2. The third kappa shape index (κ3) is 7.86. The number of ether oxygens (including phenoxy) is 1. The number of carbonyl (C=O) groups excluding carboxylic acids is 2. The van der Waals surface area contributed by atoms with Gasteiger partial charge in [-0.1, -0.05) is 42.5 Å². The third-order valence-electron chi connectivity index (χ3n) is 7.73. The van der Waals surface area contributed by atoms with Crippen molar-refractivity contribution in [2.75, 3.05) is 63.1 Å². The van der Waals surface area contributed by atoms with Gasteiger partial charge in [0.25, 0.3) is 5.91 Å². The second kappa shape index (κ2) is 13.7. The summed E-state index contributed by atoms with van der Waals surface area (Å²) in [6.45, 7) is 5.46. The number of likely N-dealkylation sites (N-methyl/N-ethyl adjacent to an activating group) is 1. The lowest BCUT2D eigenvalue weighted by molar-refractivity contribution is -0.133. The number of nitrogens with two attached hydrogens (primary N) is 1. The summed E-state index contributed by atoms with van der Waals surface area (Å²) in [5.74, 6) is 0.871. The summed E-state index contributed by atoms with van der Waals surface area (Å²) in [5, 5.41) is 3.12. The fourth-order valence-electron chi connectivity index (χ4n) is 5.20. The van der Waals surface area contributed by atoms with Crippen LogP contribution in [-0.4, -0.2) is 74.5 Å². The largest absolute Gasteiger partial charge is 0.484 e. The van der Waals surface area contributed by atoms with Gasteiger partial charge in [0.2, 0.25) is 5.91 Å². The normalized spacial score (nSPS) is 15.4. The molecule has 1 aliphatic carbocycles. The maximum absolute atomic E-state index is 13.0. The quantitative estimate of drug-likeness (QED) is 0.348. The zero-order chi connectivity index (χ0) is 28.6. The van der Waals surface area contributed by atoms with E-state index in [1.165, 1.54) is 0 Å². The molecule has 5 rings (SSSR count). The molecule has 0 bridgehead atoms. The van der Waals surface area contributed by atoms with Crippen molar-refractivity contribution in [3.05, 3.63) is 78.4 Å². The van der Waals surface area contributed by atoms with Crippen molar-refractivity contribution in [1.82, 2.24) is 9.80 Å². The van der Waals surface area contributed by atoms with E-state index in [9.17, 15) is 9.59 Å². The van der Waals surface area contributed by atoms with Crippen molar-refractivity contribution in [3.8, 4) is 16.9 Å². The number of nitrogens with one attached hydrogen (secondary N) is 1. The maximum atomic E-state index is 13.0. The van der Waals surface area contributed by atoms with Crippen LogP contribution in [-0.2, 0) is 16.1 Å². The molecule has 0 unspecified atom stereocenters. The summed E-state index contributed by atoms with van der Waals surface area (Å²) < 4.78 is 5.70. The maximum Gasteiger partial charge on any atom is 0.262 e. The minimum atomic E-state index is -0.204. The van der Waals surface area contributed by atoms with Gasteiger partial charge in [0.05, 0.1) is 11.4 Å². The van der Waals surface area contributed by atoms with Crippen LogP contribution < -0.4 is 20.7 Å². The fraction of sp³-hybridized carbons (Fsp3) is 0.394. The highest BCUT2D eigenvalue weighted by Crippen LogP contribution is 2.34. The first-order chi connectivity index (χ1) is 20.0. The Hall–Kier alpha value is -3.88. The van der Waals surface area contributed by atoms with Crippen LogP contribution in [0.5, 0.6) is 5.75 Å². The van der Waals surface area contributed by atoms with Crippen LogP contribution in [0.25, 0.3) is 11.1 Å². The predicted octanol–water partition coefficient (Wildman–Crippen LogP) is 4.21. The number of amides is 2. The second-order valence-corrected chi connectivity index (χ2v) is 11.0. The van der Waals surface area contributed by atoms with E-state index in [-0.39, 0.29) is 24.3 Å². The molecule has 0 spiro atoms. The fourth-order valence-corrected chi connectivity index (χ4v) is 5.20. The first-order valence-electron chi connectivity index (χ1n) is 14.6. The second-order valence-electron chi connectivity index (χ2n) is 11.0. The van der Waals surface area contributed by atoms with Crippen LogP contribution in [0.1, 0.15) is 24.8 Å². The van der Waals surface area contributed by atoms with Crippen LogP contribution in [0, 0.1) is 5.92 Å². The molecule has 2 fully saturated rings. The van der Waals surface area contributed by atoms with E-state index in [1.807, 2.05) is 41.3 Å². The monoisotopic (exact) mass is 555 g/mol. The van der Waals surface area contributed by atoms with Gasteiger partial charge < -0.3 is 30.5 Å². The lowest BCUT2D eigenvalue weighted by atomic mass is 10.0. The molecule has 8 nitrogen and oxygen atoms in total. The van der Waals surface area contributed by atoms with E-state index >= 15 is 0 Å². The van der Waals surface area contributed by atoms with E-state index < -0.39 is 0 Å². The van der Waals surface area contributed by atoms with Crippen LogP contribution in [0.4, 0.5) is 11.4 Å². The van der Waals surface area contributed by atoms with Gasteiger partial charge in [-0.05, 0) is 79.9 Å². The number of nitrogens with zero attached hydrogens (tertiary/aromatic N) is 3. The van der Waals surface area contributed by atoms with Crippen molar-refractivity contribution in [2.24, 2.45) is 11.7 Å². The minimum absolute atomic E-state index is 0.0699. The summed E-state index contributed by atoms with van der Waals surface area (Å²) in [6.07, 6.45) is 2.77. The third-order valence-corrected chi connectivity index (χ3v) is 7.73. The number of piperazine rings is 1. The first-order valence-corrected chi connectivity index (χ1v) is 14.6. The van der Waals surface area contributed by atoms with Gasteiger partial charge in [-0.3, -0.25) is 9.59 Å². The van der Waals surface area contributed by atoms with Crippen molar-refractivity contribution in [3.63, 3.8) is 0 Å². The van der Waals surface area contributed by atoms with Crippen LogP contribution in [0.15, 0.2) is 72.8 Å². The van der Waals surface area contributed by atoms with Crippen molar-refractivity contribution >= 4 is 23.2 Å². The van der Waals surface area contributed by atoms with Gasteiger partial charge in [0.1, 0.15) is 5.75 Å². The Morgan fingerprint density at radius 2 is 1.71 bits per heavy atom. The van der Waals surface area contributed by atoms with Gasteiger partial charge in [0, 0.05) is 45.2 Å². The first kappa shape index (κ1) is 28.6. The standard InChI is InChI=1S/C33H41N5O3/c1-36-17-19-37(20-18-36)31-14-13-28(22-30(31)35-32(39)24-41-29-9-3-2-4-10-29)27-8-5-7-25(21-27)23-38(16-6-15-34)33(40)26-11-12-26/h2-5,7-10,13-14,21-22,26H,6,11-12,15-20,23-24,34H2,1H3,(H,35,39). The molecule has 41 heavy (non-hydrogen) atoms. The number of benzene rings is 3. The van der Waals surface area contributed by atoms with E-state index in [0.717, 1.165) is 73.5 Å². The van der Waals surface area contributed by atoms with E-state index in [1.54, 1.807) is 0 Å². The van der Waals surface area contributed by atoms with Crippen molar-refractivity contribution in [1.29, 1.82) is 0 Å². The Labute approximate surface area is 243 Å². The smallest absolute Gasteiger partial charge is 0.262 e. The van der Waals surface area contributed by atoms with Crippen molar-refractivity contribution < 1.29 is 14.3 Å². The summed E-state index contributed by atoms with van der Waals surface area (Å²) >= 11 is 0. The number of para-hydroxylation sites is 1. The molecule has 8 heteroatoms. The number of hydrogen-bond acceptors (Lipinski definition) is 6. The average molecular weight is 556 g/mol. The number of anilines is 2. The molecule has 2 aliphatic rings. The summed E-state index contributed by atoms with van der Waals surface area (Å²) in [5.41, 5.74) is 10.7. The van der Waals surface area contributed by atoms with Crippen LogP contribution >= 0.6 is 0 Å². The highest BCUT2D eigenvalue weighted by molar-refractivity contribution is 5.96. The van der Waals surface area contributed by atoms with Gasteiger partial charge in [0.15, 0.2) is 6.61 Å². The molecule has 0 radical (unpaired) electrons. The molecule has 3 aromatic rings. The molecule has 0 atom stereocenters. The lowest BCUT2D eigenvalue weighted by Gasteiger charge is -2.35. The Bertz CT molecular complexity index is 1320. The Morgan fingerprint density at radius 1 is 0.951 bits per heavy atom.